The molecule has 1 aliphatic rings. The zero-order valence-corrected chi connectivity index (χ0v) is 11.7. The number of nitrogens with zero attached hydrogens (tertiary/aromatic N) is 2. The van der Waals surface area contributed by atoms with E-state index in [1.54, 1.807) is 6.20 Å². The number of likely N-dealkylation sites (N-methyl/N-ethyl adjacent to an activating group) is 1. The van der Waals surface area contributed by atoms with Crippen LogP contribution in [0.3, 0.4) is 0 Å². The molecule has 0 bridgehead atoms. The van der Waals surface area contributed by atoms with Crippen molar-refractivity contribution in [2.24, 2.45) is 5.73 Å². The van der Waals surface area contributed by atoms with Crippen molar-refractivity contribution in [1.29, 1.82) is 0 Å². The molecule has 1 aromatic rings. The molecule has 0 spiro atoms. The second-order valence-electron chi connectivity index (χ2n) is 4.93. The molecule has 0 aliphatic heterocycles. The number of rotatable bonds is 6. The highest BCUT2D eigenvalue weighted by molar-refractivity contribution is 7.80. The maximum Gasteiger partial charge on any atom is 0.234 e. The number of amides is 1. The van der Waals surface area contributed by atoms with E-state index in [2.05, 4.69) is 10.3 Å². The van der Waals surface area contributed by atoms with Crippen molar-refractivity contribution in [3.8, 4) is 0 Å². The van der Waals surface area contributed by atoms with E-state index in [4.69, 9.17) is 18.0 Å². The zero-order valence-electron chi connectivity index (χ0n) is 10.9. The van der Waals surface area contributed by atoms with Crippen molar-refractivity contribution in [3.63, 3.8) is 0 Å². The molecule has 0 aromatic carbocycles. The number of carbonyl (C=O) groups excluding carboxylic acids is 1. The predicted octanol–water partition coefficient (Wildman–Crippen LogP) is 0.426. The van der Waals surface area contributed by atoms with Crippen molar-refractivity contribution < 1.29 is 4.79 Å². The van der Waals surface area contributed by atoms with Gasteiger partial charge in [0, 0.05) is 18.8 Å². The Morgan fingerprint density at radius 1 is 1.63 bits per heavy atom. The van der Waals surface area contributed by atoms with Gasteiger partial charge in [0.1, 0.15) is 4.99 Å². The van der Waals surface area contributed by atoms with Crippen molar-refractivity contribution in [2.75, 3.05) is 13.6 Å². The third-order valence-electron chi connectivity index (χ3n) is 2.89. The topological polar surface area (TPSA) is 71.2 Å². The molecule has 1 saturated carbocycles. The molecule has 3 N–H and O–H groups in total. The number of hydrogen-bond acceptors (Lipinski definition) is 4. The summed E-state index contributed by atoms with van der Waals surface area (Å²) >= 11 is 4.90. The summed E-state index contributed by atoms with van der Waals surface area (Å²) < 4.78 is 0. The van der Waals surface area contributed by atoms with E-state index in [-0.39, 0.29) is 10.9 Å². The standard InChI is InChI=1S/C13H18N4OS/c1-17(8-12(18)16-10-2-3-10)7-9-4-5-15-11(6-9)13(14)19/h4-6,10H,2-3,7-8H2,1H3,(H2,14,19)(H,16,18). The molecule has 0 saturated heterocycles. The maximum atomic E-state index is 11.7. The van der Waals surface area contributed by atoms with Gasteiger partial charge in [0.2, 0.25) is 5.91 Å². The molecule has 19 heavy (non-hydrogen) atoms. The van der Waals surface area contributed by atoms with Crippen molar-refractivity contribution in [1.82, 2.24) is 15.2 Å². The first-order chi connectivity index (χ1) is 9.04. The van der Waals surface area contributed by atoms with Crippen molar-refractivity contribution >= 4 is 23.1 Å². The number of nitrogens with two attached hydrogens (primary N) is 1. The number of hydrogen-bond donors (Lipinski definition) is 2. The summed E-state index contributed by atoms with van der Waals surface area (Å²) in [6, 6.07) is 4.16. The lowest BCUT2D eigenvalue weighted by atomic mass is 10.2. The normalized spacial score (nSPS) is 14.4. The minimum absolute atomic E-state index is 0.0774. The Bertz CT molecular complexity index is 487. The van der Waals surface area contributed by atoms with Gasteiger partial charge in [-0.05, 0) is 37.6 Å². The molecule has 6 heteroatoms. The highest BCUT2D eigenvalue weighted by atomic mass is 32.1. The third-order valence-corrected chi connectivity index (χ3v) is 3.09. The van der Waals surface area contributed by atoms with E-state index in [9.17, 15) is 4.79 Å². The second-order valence-corrected chi connectivity index (χ2v) is 5.37. The summed E-state index contributed by atoms with van der Waals surface area (Å²) in [4.78, 5) is 18.0. The Balaban J connectivity index is 1.86. The van der Waals surface area contributed by atoms with Crippen molar-refractivity contribution in [2.45, 2.75) is 25.4 Å². The van der Waals surface area contributed by atoms with Gasteiger partial charge in [0.15, 0.2) is 0 Å². The largest absolute Gasteiger partial charge is 0.388 e. The average molecular weight is 278 g/mol. The fraction of sp³-hybridized carbons (Fsp3) is 0.462. The minimum atomic E-state index is 0.0774. The predicted molar refractivity (Wildman–Crippen MR) is 77.6 cm³/mol. The fourth-order valence-corrected chi connectivity index (χ4v) is 1.93. The molecule has 1 amide bonds. The summed E-state index contributed by atoms with van der Waals surface area (Å²) in [6.07, 6.45) is 3.90. The summed E-state index contributed by atoms with van der Waals surface area (Å²) in [6.45, 7) is 1.05. The first kappa shape index (κ1) is 13.9. The molecular weight excluding hydrogens is 260 g/mol. The minimum Gasteiger partial charge on any atom is -0.388 e. The van der Waals surface area contributed by atoms with Gasteiger partial charge >= 0.3 is 0 Å². The van der Waals surface area contributed by atoms with Gasteiger partial charge in [-0.3, -0.25) is 14.7 Å². The summed E-state index contributed by atoms with van der Waals surface area (Å²) in [5, 5.41) is 2.97. The van der Waals surface area contributed by atoms with Gasteiger partial charge < -0.3 is 11.1 Å². The van der Waals surface area contributed by atoms with Crippen LogP contribution in [0.2, 0.25) is 0 Å². The Labute approximate surface area is 118 Å². The average Bonchev–Trinajstić information content (AvgIpc) is 3.12. The highest BCUT2D eigenvalue weighted by Gasteiger charge is 2.23. The number of thiocarbonyl (C=S) groups is 1. The van der Waals surface area contributed by atoms with Crippen LogP contribution in [0, 0.1) is 0 Å². The van der Waals surface area contributed by atoms with E-state index in [1.165, 1.54) is 0 Å². The Morgan fingerprint density at radius 2 is 2.37 bits per heavy atom. The monoisotopic (exact) mass is 278 g/mol. The second kappa shape index (κ2) is 6.08. The van der Waals surface area contributed by atoms with Gasteiger partial charge in [-0.15, -0.1) is 0 Å². The van der Waals surface area contributed by atoms with E-state index >= 15 is 0 Å². The van der Waals surface area contributed by atoms with Gasteiger partial charge in [-0.2, -0.15) is 0 Å². The van der Waals surface area contributed by atoms with Crippen LogP contribution in [-0.4, -0.2) is 40.4 Å². The molecule has 1 aliphatic carbocycles. The Kier molecular flexibility index (Phi) is 4.44. The van der Waals surface area contributed by atoms with Crippen LogP contribution < -0.4 is 11.1 Å². The zero-order chi connectivity index (χ0) is 13.8. The van der Waals surface area contributed by atoms with Crippen LogP contribution in [0.5, 0.6) is 0 Å². The lowest BCUT2D eigenvalue weighted by Crippen LogP contribution is -2.36. The first-order valence-electron chi connectivity index (χ1n) is 6.27. The molecule has 1 fully saturated rings. The quantitative estimate of drug-likeness (QED) is 0.738. The molecule has 1 heterocycles. The molecule has 0 radical (unpaired) electrons. The first-order valence-corrected chi connectivity index (χ1v) is 6.68. The summed E-state index contributed by atoms with van der Waals surface area (Å²) in [5.41, 5.74) is 7.20. The van der Waals surface area contributed by atoms with Gasteiger partial charge in [-0.25, -0.2) is 0 Å². The van der Waals surface area contributed by atoms with Crippen LogP contribution in [0.15, 0.2) is 18.3 Å². The van der Waals surface area contributed by atoms with Crippen LogP contribution in [-0.2, 0) is 11.3 Å². The number of pyridine rings is 1. The maximum absolute atomic E-state index is 11.7. The van der Waals surface area contributed by atoms with E-state index < -0.39 is 0 Å². The van der Waals surface area contributed by atoms with E-state index in [0.29, 0.717) is 24.8 Å². The molecule has 102 valence electrons. The molecule has 1 aromatic heterocycles. The van der Waals surface area contributed by atoms with E-state index in [0.717, 1.165) is 18.4 Å². The van der Waals surface area contributed by atoms with Crippen LogP contribution in [0.4, 0.5) is 0 Å². The lowest BCUT2D eigenvalue weighted by molar-refractivity contribution is -0.122. The van der Waals surface area contributed by atoms with Crippen LogP contribution in [0.1, 0.15) is 24.1 Å². The van der Waals surface area contributed by atoms with Crippen LogP contribution in [0.25, 0.3) is 0 Å². The van der Waals surface area contributed by atoms with Gasteiger partial charge in [0.05, 0.1) is 12.2 Å². The molecule has 5 nitrogen and oxygen atoms in total. The van der Waals surface area contributed by atoms with E-state index in [1.807, 2.05) is 24.1 Å². The van der Waals surface area contributed by atoms with Crippen molar-refractivity contribution in [3.05, 3.63) is 29.6 Å². The summed E-state index contributed by atoms with van der Waals surface area (Å²) in [5.74, 6) is 0.0774. The fourth-order valence-electron chi connectivity index (χ4n) is 1.82. The lowest BCUT2D eigenvalue weighted by Gasteiger charge is -2.16. The van der Waals surface area contributed by atoms with Crippen LogP contribution >= 0.6 is 12.2 Å². The SMILES string of the molecule is CN(CC(=O)NC1CC1)Cc1ccnc(C(N)=S)c1. The number of carbonyl (C=O) groups is 1. The molecular formula is C13H18N4OS. The summed E-state index contributed by atoms with van der Waals surface area (Å²) in [7, 11) is 1.91. The molecule has 2 rings (SSSR count). The van der Waals surface area contributed by atoms with Gasteiger partial charge in [0.25, 0.3) is 0 Å². The number of nitrogens with one attached hydrogen (secondary N) is 1. The molecule has 0 unspecified atom stereocenters. The molecule has 0 atom stereocenters. The smallest absolute Gasteiger partial charge is 0.234 e. The van der Waals surface area contributed by atoms with Gasteiger partial charge in [-0.1, -0.05) is 12.2 Å². The number of aromatic nitrogens is 1. The Morgan fingerprint density at radius 3 is 3.00 bits per heavy atom. The third kappa shape index (κ3) is 4.57. The Hall–Kier alpha value is -1.53. The highest BCUT2D eigenvalue weighted by Crippen LogP contribution is 2.18.